The van der Waals surface area contributed by atoms with Gasteiger partial charge in [0.1, 0.15) is 11.6 Å². The van der Waals surface area contributed by atoms with Gasteiger partial charge in [0, 0.05) is 17.4 Å². The first-order valence-corrected chi connectivity index (χ1v) is 10.1. The van der Waals surface area contributed by atoms with E-state index in [2.05, 4.69) is 15.7 Å². The number of aromatic nitrogens is 2. The number of carbonyl (C=O) groups excluding carboxylic acids is 1. The standard InChI is InChI=1S/C20H19F3N4O2S/c1-29-13-6-4-12(5-7-13)15-9-17(20(21,22)23)27-18(25-15)10-16(26-27)19(28)24-11-14-3-2-8-30-14/h2-8,10,15,17,25H,9,11H2,1H3,(H,24,28)/t15-,17+/m0/s1. The first kappa shape index (κ1) is 20.3. The summed E-state index contributed by atoms with van der Waals surface area (Å²) in [5.41, 5.74) is 0.639. The number of benzene rings is 1. The summed E-state index contributed by atoms with van der Waals surface area (Å²) in [7, 11) is 1.52. The van der Waals surface area contributed by atoms with Crippen LogP contribution in [-0.2, 0) is 6.54 Å². The van der Waals surface area contributed by atoms with E-state index in [9.17, 15) is 18.0 Å². The zero-order valence-corrected chi connectivity index (χ0v) is 16.8. The number of nitrogens with one attached hydrogen (secondary N) is 2. The van der Waals surface area contributed by atoms with Crippen LogP contribution in [0.25, 0.3) is 0 Å². The molecule has 0 unspecified atom stereocenters. The summed E-state index contributed by atoms with van der Waals surface area (Å²) in [6, 6.07) is 9.54. The van der Waals surface area contributed by atoms with E-state index in [0.717, 1.165) is 9.56 Å². The van der Waals surface area contributed by atoms with Crippen LogP contribution in [0.1, 0.15) is 39.4 Å². The molecule has 1 aliphatic heterocycles. The molecule has 1 amide bonds. The molecule has 0 saturated heterocycles. The molecule has 10 heteroatoms. The van der Waals surface area contributed by atoms with E-state index in [0.29, 0.717) is 17.9 Å². The van der Waals surface area contributed by atoms with Crippen LogP contribution in [0.2, 0.25) is 0 Å². The summed E-state index contributed by atoms with van der Waals surface area (Å²) in [6.07, 6.45) is -4.74. The molecule has 158 valence electrons. The first-order valence-electron chi connectivity index (χ1n) is 9.22. The molecular weight excluding hydrogens is 417 g/mol. The third-order valence-electron chi connectivity index (χ3n) is 4.94. The number of halogens is 3. The van der Waals surface area contributed by atoms with Gasteiger partial charge >= 0.3 is 6.18 Å². The van der Waals surface area contributed by atoms with Gasteiger partial charge in [-0.1, -0.05) is 18.2 Å². The minimum atomic E-state index is -4.50. The number of thiophene rings is 1. The highest BCUT2D eigenvalue weighted by atomic mass is 32.1. The second-order valence-electron chi connectivity index (χ2n) is 6.88. The summed E-state index contributed by atoms with van der Waals surface area (Å²) in [5, 5.41) is 11.6. The Bertz CT molecular complexity index is 1020. The van der Waals surface area contributed by atoms with Gasteiger partial charge in [-0.15, -0.1) is 11.3 Å². The summed E-state index contributed by atoms with van der Waals surface area (Å²) >= 11 is 1.48. The smallest absolute Gasteiger partial charge is 0.410 e. The Morgan fingerprint density at radius 1 is 1.33 bits per heavy atom. The Hall–Kier alpha value is -3.01. The maximum absolute atomic E-state index is 13.8. The third-order valence-corrected chi connectivity index (χ3v) is 5.82. The fourth-order valence-electron chi connectivity index (χ4n) is 3.41. The van der Waals surface area contributed by atoms with Gasteiger partial charge in [0.15, 0.2) is 11.7 Å². The molecule has 30 heavy (non-hydrogen) atoms. The average Bonchev–Trinajstić information content (AvgIpc) is 3.40. The lowest BCUT2D eigenvalue weighted by molar-refractivity contribution is -0.173. The molecule has 6 nitrogen and oxygen atoms in total. The van der Waals surface area contributed by atoms with E-state index in [1.165, 1.54) is 24.5 Å². The number of hydrogen-bond donors (Lipinski definition) is 2. The van der Waals surface area contributed by atoms with Gasteiger partial charge in [-0.05, 0) is 29.1 Å². The van der Waals surface area contributed by atoms with Crippen molar-refractivity contribution in [1.82, 2.24) is 15.1 Å². The number of carbonyl (C=O) groups is 1. The minimum absolute atomic E-state index is 0.0568. The van der Waals surface area contributed by atoms with Crippen molar-refractivity contribution in [2.45, 2.75) is 31.2 Å². The fourth-order valence-corrected chi connectivity index (χ4v) is 4.05. The molecule has 0 radical (unpaired) electrons. The zero-order valence-electron chi connectivity index (χ0n) is 15.9. The topological polar surface area (TPSA) is 68.2 Å². The van der Waals surface area contributed by atoms with Gasteiger partial charge in [0.05, 0.1) is 19.7 Å². The normalized spacial score (nSPS) is 18.4. The predicted octanol–water partition coefficient (Wildman–Crippen LogP) is 4.54. The van der Waals surface area contributed by atoms with E-state index >= 15 is 0 Å². The van der Waals surface area contributed by atoms with Gasteiger partial charge in [-0.3, -0.25) is 4.79 Å². The second kappa shape index (κ2) is 8.02. The Morgan fingerprint density at radius 3 is 2.73 bits per heavy atom. The van der Waals surface area contributed by atoms with Crippen LogP contribution in [0.3, 0.4) is 0 Å². The van der Waals surface area contributed by atoms with Gasteiger partial charge in [0.25, 0.3) is 5.91 Å². The summed E-state index contributed by atoms with van der Waals surface area (Å²) in [6.45, 7) is 0.295. The number of nitrogens with zero attached hydrogens (tertiary/aromatic N) is 2. The number of alkyl halides is 3. The molecule has 2 N–H and O–H groups in total. The van der Waals surface area contributed by atoms with E-state index in [-0.39, 0.29) is 17.9 Å². The molecule has 1 aliphatic rings. The third kappa shape index (κ3) is 4.13. The Morgan fingerprint density at radius 2 is 2.10 bits per heavy atom. The molecule has 0 fully saturated rings. The van der Waals surface area contributed by atoms with Crippen molar-refractivity contribution >= 4 is 23.1 Å². The van der Waals surface area contributed by atoms with Crippen LogP contribution in [0.5, 0.6) is 5.75 Å². The number of methoxy groups -OCH3 is 1. The summed E-state index contributed by atoms with van der Waals surface area (Å²) in [4.78, 5) is 13.4. The maximum atomic E-state index is 13.8. The van der Waals surface area contributed by atoms with Gasteiger partial charge in [-0.25, -0.2) is 4.68 Å². The highest BCUT2D eigenvalue weighted by Gasteiger charge is 2.46. The summed E-state index contributed by atoms with van der Waals surface area (Å²) in [5.74, 6) is 0.261. The molecule has 2 aromatic heterocycles. The number of rotatable bonds is 5. The van der Waals surface area contributed by atoms with Crippen molar-refractivity contribution in [2.24, 2.45) is 0 Å². The number of anilines is 1. The van der Waals surface area contributed by atoms with Gasteiger partial charge < -0.3 is 15.4 Å². The van der Waals surface area contributed by atoms with Crippen molar-refractivity contribution in [3.05, 3.63) is 64.0 Å². The lowest BCUT2D eigenvalue weighted by Gasteiger charge is -2.33. The first-order chi connectivity index (χ1) is 14.3. The SMILES string of the molecule is COc1ccc([C@@H]2C[C@H](C(F)(F)F)n3nc(C(=O)NCc4cccs4)cc3N2)cc1. The highest BCUT2D eigenvalue weighted by molar-refractivity contribution is 7.09. The molecule has 0 saturated carbocycles. The molecule has 3 aromatic rings. The van der Waals surface area contributed by atoms with E-state index < -0.39 is 24.2 Å². The molecule has 0 spiro atoms. The van der Waals surface area contributed by atoms with Crippen molar-refractivity contribution in [3.8, 4) is 5.75 Å². The van der Waals surface area contributed by atoms with Crippen molar-refractivity contribution < 1.29 is 22.7 Å². The minimum Gasteiger partial charge on any atom is -0.497 e. The van der Waals surface area contributed by atoms with Crippen molar-refractivity contribution in [1.29, 1.82) is 0 Å². The fraction of sp³-hybridized carbons (Fsp3) is 0.300. The maximum Gasteiger partial charge on any atom is 0.410 e. The van der Waals surface area contributed by atoms with Crippen LogP contribution in [0.4, 0.5) is 19.0 Å². The number of hydrogen-bond acceptors (Lipinski definition) is 5. The molecule has 2 atom stereocenters. The van der Waals surface area contributed by atoms with Crippen LogP contribution in [0.15, 0.2) is 47.8 Å². The van der Waals surface area contributed by atoms with Crippen LogP contribution in [-0.4, -0.2) is 29.0 Å². The number of amides is 1. The van der Waals surface area contributed by atoms with Crippen LogP contribution >= 0.6 is 11.3 Å². The Balaban J connectivity index is 1.58. The molecular formula is C20H19F3N4O2S. The number of ether oxygens (including phenoxy) is 1. The van der Waals surface area contributed by atoms with Crippen LogP contribution < -0.4 is 15.4 Å². The van der Waals surface area contributed by atoms with Gasteiger partial charge in [0.2, 0.25) is 0 Å². The quantitative estimate of drug-likeness (QED) is 0.616. The number of fused-ring (bicyclic) bond motifs is 1. The zero-order chi connectivity index (χ0) is 21.3. The lowest BCUT2D eigenvalue weighted by atomic mass is 9.97. The second-order valence-corrected chi connectivity index (χ2v) is 7.92. The highest BCUT2D eigenvalue weighted by Crippen LogP contribution is 2.43. The van der Waals surface area contributed by atoms with E-state index in [1.807, 2.05) is 17.5 Å². The molecule has 0 bridgehead atoms. The van der Waals surface area contributed by atoms with Crippen molar-refractivity contribution in [2.75, 3.05) is 12.4 Å². The lowest BCUT2D eigenvalue weighted by Crippen LogP contribution is -2.35. The van der Waals surface area contributed by atoms with Gasteiger partial charge in [-0.2, -0.15) is 18.3 Å². The Labute approximate surface area is 174 Å². The van der Waals surface area contributed by atoms with E-state index in [4.69, 9.17) is 4.74 Å². The monoisotopic (exact) mass is 436 g/mol. The summed E-state index contributed by atoms with van der Waals surface area (Å²) < 4.78 is 47.3. The largest absolute Gasteiger partial charge is 0.497 e. The van der Waals surface area contributed by atoms with Crippen molar-refractivity contribution in [3.63, 3.8) is 0 Å². The Kier molecular flexibility index (Phi) is 5.42. The molecule has 1 aromatic carbocycles. The molecule has 4 rings (SSSR count). The molecule has 0 aliphatic carbocycles. The van der Waals surface area contributed by atoms with Crippen LogP contribution in [0, 0.1) is 0 Å². The average molecular weight is 436 g/mol. The van der Waals surface area contributed by atoms with E-state index in [1.54, 1.807) is 24.3 Å². The predicted molar refractivity (Wildman–Crippen MR) is 107 cm³/mol. The molecule has 3 heterocycles.